The Morgan fingerprint density at radius 3 is 2.25 bits per heavy atom. The van der Waals surface area contributed by atoms with E-state index in [0.717, 1.165) is 10.9 Å². The van der Waals surface area contributed by atoms with Crippen LogP contribution in [0.2, 0.25) is 0 Å². The Kier molecular flexibility index (Phi) is 12.8. The zero-order valence-electron chi connectivity index (χ0n) is 31.2. The number of hydrogen-bond donors (Lipinski definition) is 10. The van der Waals surface area contributed by atoms with Crippen molar-refractivity contribution < 1.29 is 89.8 Å². The molecule has 3 aliphatic heterocycles. The van der Waals surface area contributed by atoms with E-state index in [1.807, 2.05) is 0 Å². The molecule has 12 N–H and O–H groups in total. The van der Waals surface area contributed by atoms with Gasteiger partial charge in [0, 0.05) is 6.54 Å². The number of hydroxylamine groups is 2. The highest BCUT2D eigenvalue weighted by atomic mass is 31.3. The minimum Gasteiger partial charge on any atom is -0.387 e. The zero-order valence-corrected chi connectivity index (χ0v) is 33.9. The van der Waals surface area contributed by atoms with E-state index < -0.39 is 110 Å². The molecule has 0 aromatic carbocycles. The fourth-order valence-corrected chi connectivity index (χ4v) is 10.4. The average molecular weight is 931 g/mol. The van der Waals surface area contributed by atoms with Gasteiger partial charge in [0.2, 0.25) is 17.7 Å². The van der Waals surface area contributed by atoms with Crippen LogP contribution in [0.3, 0.4) is 0 Å². The first kappa shape index (κ1) is 45.1. The number of H-pyrrole nitrogens is 2. The molecule has 0 radical (unpaired) electrons. The van der Waals surface area contributed by atoms with Crippen LogP contribution in [0.25, 0.3) is 22.3 Å². The number of nitrogens with one attached hydrogen (secondary N) is 2. The standard InChI is InChI=1S/C27H38N11O20P3/c1-35-9-37(21-15(35)23(44)34-27(29)32-21)25-19(51-10-52-38-4-2-3-11(38)5-39)17(41)13(56-25)7-54-60(47,48)58-61(49,50)57-59(45,46)53-6-12-16(40)18(42)24(55-12)36-8-30-14-20(36)31-26(28)33-22(14)43/h5,8-9,11-13,16-19,24-25,40-42H,2-4,6-7,10H2,1H3,(H8-,28,29,31,32,33,34,43,44,45,46,47,48,49,50)/p+1/t11-,12+,13+,16-,17-,18?,19?,24+,25+/m0/s1. The molecule has 34 heteroatoms. The molecule has 0 bridgehead atoms. The molecular weight excluding hydrogens is 891 g/mol. The van der Waals surface area contributed by atoms with Gasteiger partial charge in [-0.1, -0.05) is 4.98 Å². The summed E-state index contributed by atoms with van der Waals surface area (Å²) in [5, 5.41) is 33.8. The van der Waals surface area contributed by atoms with Crippen molar-refractivity contribution in [1.82, 2.24) is 39.1 Å². The van der Waals surface area contributed by atoms with Gasteiger partial charge in [0.1, 0.15) is 42.9 Å². The highest BCUT2D eigenvalue weighted by Gasteiger charge is 2.51. The lowest BCUT2D eigenvalue weighted by Gasteiger charge is -2.23. The minimum atomic E-state index is -6.06. The number of ether oxygens (including phenoxy) is 3. The largest absolute Gasteiger partial charge is 0.490 e. The number of imidazole rings is 2. The molecule has 31 nitrogen and oxygen atoms in total. The number of aromatic amines is 2. The maximum Gasteiger partial charge on any atom is 0.490 e. The van der Waals surface area contributed by atoms with Crippen LogP contribution in [0, 0.1) is 0 Å². The van der Waals surface area contributed by atoms with E-state index in [-0.39, 0.29) is 34.2 Å². The third-order valence-corrected chi connectivity index (χ3v) is 13.8. The van der Waals surface area contributed by atoms with Crippen LogP contribution < -0.4 is 27.2 Å². The number of aldehydes is 1. The topological polar surface area (TPSA) is 437 Å². The van der Waals surface area contributed by atoms with E-state index >= 15 is 0 Å². The summed E-state index contributed by atoms with van der Waals surface area (Å²) in [7, 11) is -16.1. The predicted molar refractivity (Wildman–Crippen MR) is 195 cm³/mol. The van der Waals surface area contributed by atoms with Crippen molar-refractivity contribution in [2.75, 3.05) is 38.0 Å². The summed E-state index contributed by atoms with van der Waals surface area (Å²) < 4.78 is 76.7. The summed E-state index contributed by atoms with van der Waals surface area (Å²) in [5.41, 5.74) is 9.58. The molecule has 7 heterocycles. The first-order chi connectivity index (χ1) is 28.7. The van der Waals surface area contributed by atoms with Crippen molar-refractivity contribution in [2.24, 2.45) is 7.05 Å². The van der Waals surface area contributed by atoms with Crippen LogP contribution in [0.15, 0.2) is 22.2 Å². The number of nitrogens with zero attached hydrogens (tertiary/aromatic N) is 7. The van der Waals surface area contributed by atoms with Crippen molar-refractivity contribution >= 4 is 64.0 Å². The van der Waals surface area contributed by atoms with E-state index in [9.17, 15) is 58.1 Å². The van der Waals surface area contributed by atoms with Crippen molar-refractivity contribution in [3.8, 4) is 0 Å². The number of phosphoric acid groups is 3. The Hall–Kier alpha value is -3.94. The van der Waals surface area contributed by atoms with Gasteiger partial charge in [-0.3, -0.25) is 42.6 Å². The summed E-state index contributed by atoms with van der Waals surface area (Å²) in [6.07, 6.45) is -8.63. The molecule has 3 saturated heterocycles. The maximum atomic E-state index is 12.8. The maximum absolute atomic E-state index is 12.8. The van der Waals surface area contributed by atoms with Crippen molar-refractivity contribution in [1.29, 1.82) is 0 Å². The van der Waals surface area contributed by atoms with Crippen molar-refractivity contribution in [2.45, 2.75) is 68.0 Å². The van der Waals surface area contributed by atoms with E-state index in [4.69, 9.17) is 35.0 Å². The van der Waals surface area contributed by atoms with Gasteiger partial charge in [-0.2, -0.15) is 18.7 Å². The molecule has 12 atom stereocenters. The number of aliphatic hydroxyl groups excluding tert-OH is 3. The molecule has 0 saturated carbocycles. The molecular formula is C27H39N11O20P3+. The molecule has 4 aromatic heterocycles. The Labute approximate surface area is 339 Å². The second-order valence-corrected chi connectivity index (χ2v) is 18.3. The first-order valence-electron chi connectivity index (χ1n) is 17.7. The Morgan fingerprint density at radius 2 is 1.57 bits per heavy atom. The van der Waals surface area contributed by atoms with E-state index in [0.29, 0.717) is 25.7 Å². The molecule has 336 valence electrons. The molecule has 61 heavy (non-hydrogen) atoms. The van der Waals surface area contributed by atoms with Crippen LogP contribution >= 0.6 is 23.5 Å². The number of nitrogen functional groups attached to an aromatic ring is 2. The van der Waals surface area contributed by atoms with Gasteiger partial charge in [-0.05, 0) is 12.8 Å². The number of nitrogens with two attached hydrogens (primary N) is 2. The lowest BCUT2D eigenvalue weighted by molar-refractivity contribution is -0.746. The Bertz CT molecular complexity index is 2550. The third-order valence-electron chi connectivity index (χ3n) is 9.54. The highest BCUT2D eigenvalue weighted by molar-refractivity contribution is 7.66. The van der Waals surface area contributed by atoms with Gasteiger partial charge < -0.3 is 60.5 Å². The van der Waals surface area contributed by atoms with Gasteiger partial charge >= 0.3 is 29.1 Å². The molecule has 3 fully saturated rings. The number of carbonyl (C=O) groups is 1. The van der Waals surface area contributed by atoms with Gasteiger partial charge in [0.15, 0.2) is 30.5 Å². The summed E-state index contributed by atoms with van der Waals surface area (Å²) >= 11 is 0. The fourth-order valence-electron chi connectivity index (χ4n) is 6.84. The second kappa shape index (κ2) is 17.3. The number of fused-ring (bicyclic) bond motifs is 2. The Balaban J connectivity index is 0.980. The SMILES string of the molecule is Cn1c[n+]([C@@H]2O[C@H](COP(=O)(O)OP(=O)(O)OP(=O)(O)OC[C@H]3O[C@@H](n4cnc5c(=O)[nH]c(N)nc54)C(O)[C@H]3O)[C@H](O)C2OCON2CCC[C@H]2C=O)c2nc(N)[nH]c(=O)c21. The van der Waals surface area contributed by atoms with E-state index in [2.05, 4.69) is 38.1 Å². The van der Waals surface area contributed by atoms with Crippen LogP contribution in [0.1, 0.15) is 25.3 Å². The smallest absolute Gasteiger partial charge is 0.387 e. The molecule has 0 amide bonds. The number of aliphatic hydroxyl groups is 3. The van der Waals surface area contributed by atoms with Crippen molar-refractivity contribution in [3.63, 3.8) is 0 Å². The summed E-state index contributed by atoms with van der Waals surface area (Å²) in [4.78, 5) is 88.9. The summed E-state index contributed by atoms with van der Waals surface area (Å²) in [6.45, 7) is -2.33. The van der Waals surface area contributed by atoms with E-state index in [1.165, 1.54) is 27.6 Å². The highest BCUT2D eigenvalue weighted by Crippen LogP contribution is 2.68. The number of aromatic nitrogens is 8. The molecule has 3 aliphatic rings. The Morgan fingerprint density at radius 1 is 0.934 bits per heavy atom. The third kappa shape index (κ3) is 9.54. The van der Waals surface area contributed by atoms with Crippen LogP contribution in [-0.2, 0) is 62.3 Å². The van der Waals surface area contributed by atoms with Crippen LogP contribution in [0.4, 0.5) is 11.9 Å². The van der Waals surface area contributed by atoms with E-state index in [1.54, 1.807) is 0 Å². The molecule has 4 aromatic rings. The van der Waals surface area contributed by atoms with Crippen LogP contribution in [-0.4, -0.2) is 145 Å². The van der Waals surface area contributed by atoms with Gasteiger partial charge in [0.25, 0.3) is 17.1 Å². The number of aryl methyl sites for hydroxylation is 1. The van der Waals surface area contributed by atoms with Crippen LogP contribution in [0.5, 0.6) is 0 Å². The van der Waals surface area contributed by atoms with Gasteiger partial charge in [0.05, 0.1) is 32.6 Å². The average Bonchev–Trinajstić information content (AvgIpc) is 3.98. The van der Waals surface area contributed by atoms with Crippen molar-refractivity contribution in [3.05, 3.63) is 33.4 Å². The molecule has 5 unspecified atom stereocenters. The summed E-state index contributed by atoms with van der Waals surface area (Å²) in [6, 6.07) is -0.548. The number of anilines is 2. The monoisotopic (exact) mass is 930 g/mol. The number of carbonyl (C=O) groups excluding carboxylic acids is 1. The number of rotatable bonds is 17. The molecule has 0 aliphatic carbocycles. The first-order valence-corrected chi connectivity index (χ1v) is 22.2. The minimum absolute atomic E-state index is 0.0179. The number of phosphoric ester groups is 2. The molecule has 7 rings (SSSR count). The normalized spacial score (nSPS) is 30.2. The summed E-state index contributed by atoms with van der Waals surface area (Å²) in [5.74, 6) is -0.594. The van der Waals surface area contributed by atoms with Gasteiger partial charge in [-0.25, -0.2) is 23.2 Å². The lowest BCUT2D eigenvalue weighted by Crippen LogP contribution is -2.48. The molecule has 0 spiro atoms. The second-order valence-electron chi connectivity index (χ2n) is 13.7. The predicted octanol–water partition coefficient (Wildman–Crippen LogP) is -3.97. The fraction of sp³-hybridized carbons (Fsp3) is 0.593. The number of hydrogen-bond acceptors (Lipinski definition) is 23. The zero-order chi connectivity index (χ0) is 44.2. The quantitative estimate of drug-likeness (QED) is 0.0209. The lowest BCUT2D eigenvalue weighted by atomic mass is 10.1. The van der Waals surface area contributed by atoms with Gasteiger partial charge in [-0.15, -0.1) is 0 Å².